The van der Waals surface area contributed by atoms with E-state index in [-0.39, 0.29) is 5.91 Å². The average Bonchev–Trinajstić information content (AvgIpc) is 2.40. The van der Waals surface area contributed by atoms with Crippen LogP contribution in [0.25, 0.3) is 0 Å². The number of carbonyl (C=O) groups excluding carboxylic acids is 1. The molecule has 6 heteroatoms. The number of halogens is 1. The van der Waals surface area contributed by atoms with E-state index in [1.807, 2.05) is 24.3 Å². The molecule has 0 aliphatic carbocycles. The van der Waals surface area contributed by atoms with E-state index in [9.17, 15) is 4.79 Å². The molecule has 0 fully saturated rings. The van der Waals surface area contributed by atoms with Crippen LogP contribution < -0.4 is 5.32 Å². The smallest absolute Gasteiger partial charge is 0.234 e. The summed E-state index contributed by atoms with van der Waals surface area (Å²) >= 11 is 10.0. The Bertz CT molecular complexity index is 433. The lowest BCUT2D eigenvalue weighted by molar-refractivity contribution is -0.113. The molecule has 0 atom stereocenters. The first-order chi connectivity index (χ1) is 9.06. The molecule has 0 aliphatic rings. The normalized spacial score (nSPS) is 10.1. The molecule has 19 heavy (non-hydrogen) atoms. The minimum atomic E-state index is -0.0400. The van der Waals surface area contributed by atoms with Crippen LogP contribution in [0, 0.1) is 0 Å². The van der Waals surface area contributed by atoms with Gasteiger partial charge >= 0.3 is 0 Å². The van der Waals surface area contributed by atoms with Crippen LogP contribution in [0.5, 0.6) is 0 Å². The number of rotatable bonds is 5. The quantitative estimate of drug-likeness (QED) is 0.810. The van der Waals surface area contributed by atoms with Crippen molar-refractivity contribution in [3.63, 3.8) is 0 Å². The molecule has 0 unspecified atom stereocenters. The molecule has 1 aromatic carbocycles. The summed E-state index contributed by atoms with van der Waals surface area (Å²) in [5, 5.41) is 2.84. The van der Waals surface area contributed by atoms with Crippen molar-refractivity contribution in [2.24, 2.45) is 0 Å². The van der Waals surface area contributed by atoms with Gasteiger partial charge in [-0.15, -0.1) is 0 Å². The van der Waals surface area contributed by atoms with Crippen molar-refractivity contribution in [2.75, 3.05) is 24.2 Å². The summed E-state index contributed by atoms with van der Waals surface area (Å²) in [6, 6.07) is 7.50. The number of thiocarbonyl (C=S) groups is 1. The Morgan fingerprint density at radius 1 is 1.32 bits per heavy atom. The minimum Gasteiger partial charge on any atom is -0.358 e. The zero-order valence-electron chi connectivity index (χ0n) is 11.0. The molecule has 0 saturated heterocycles. The summed E-state index contributed by atoms with van der Waals surface area (Å²) < 4.78 is 1.76. The summed E-state index contributed by atoms with van der Waals surface area (Å²) in [4.78, 5) is 13.8. The third-order valence-corrected chi connectivity index (χ3v) is 4.53. The standard InChI is InChI=1S/C13H17BrN2OS2/c1-3-16(4-2)13(18)19-9-12(17)15-11-7-5-10(14)6-8-11/h5-8H,3-4,9H2,1-2H3,(H,15,17). The van der Waals surface area contributed by atoms with Gasteiger partial charge in [0.05, 0.1) is 5.75 Å². The molecule has 0 aromatic heterocycles. The number of hydrogen-bond acceptors (Lipinski definition) is 3. The highest BCUT2D eigenvalue weighted by Gasteiger charge is 2.09. The van der Waals surface area contributed by atoms with Gasteiger partial charge < -0.3 is 10.2 Å². The second-order valence-electron chi connectivity index (χ2n) is 3.78. The van der Waals surface area contributed by atoms with Gasteiger partial charge in [0.1, 0.15) is 4.32 Å². The van der Waals surface area contributed by atoms with Crippen molar-refractivity contribution in [1.82, 2.24) is 4.90 Å². The van der Waals surface area contributed by atoms with E-state index < -0.39 is 0 Å². The summed E-state index contributed by atoms with van der Waals surface area (Å²) in [5.41, 5.74) is 0.794. The highest BCUT2D eigenvalue weighted by atomic mass is 79.9. The van der Waals surface area contributed by atoms with E-state index >= 15 is 0 Å². The monoisotopic (exact) mass is 360 g/mol. The van der Waals surface area contributed by atoms with Gasteiger partial charge in [-0.25, -0.2) is 0 Å². The van der Waals surface area contributed by atoms with Crippen molar-refractivity contribution in [3.8, 4) is 0 Å². The molecule has 1 rings (SSSR count). The molecule has 1 N–H and O–H groups in total. The van der Waals surface area contributed by atoms with Gasteiger partial charge in [-0.1, -0.05) is 39.9 Å². The first-order valence-electron chi connectivity index (χ1n) is 6.04. The van der Waals surface area contributed by atoms with Crippen LogP contribution in [0.15, 0.2) is 28.7 Å². The van der Waals surface area contributed by atoms with E-state index in [0.29, 0.717) is 5.75 Å². The van der Waals surface area contributed by atoms with E-state index in [1.165, 1.54) is 11.8 Å². The Morgan fingerprint density at radius 2 is 1.89 bits per heavy atom. The molecule has 1 aromatic rings. The lowest BCUT2D eigenvalue weighted by Crippen LogP contribution is -2.28. The molecule has 0 spiro atoms. The van der Waals surface area contributed by atoms with E-state index in [1.54, 1.807) is 0 Å². The second kappa shape index (κ2) is 8.55. The van der Waals surface area contributed by atoms with Gasteiger partial charge in [0.25, 0.3) is 0 Å². The van der Waals surface area contributed by atoms with Gasteiger partial charge in [-0.3, -0.25) is 4.79 Å². The maximum atomic E-state index is 11.8. The molecular formula is C13H17BrN2OS2. The van der Waals surface area contributed by atoms with Gasteiger partial charge in [-0.2, -0.15) is 0 Å². The number of nitrogens with one attached hydrogen (secondary N) is 1. The number of amides is 1. The van der Waals surface area contributed by atoms with Crippen molar-refractivity contribution < 1.29 is 4.79 Å². The fourth-order valence-corrected chi connectivity index (χ4v) is 2.90. The Hall–Kier alpha value is -0.590. The third-order valence-electron chi connectivity index (χ3n) is 2.48. The van der Waals surface area contributed by atoms with Crippen molar-refractivity contribution in [2.45, 2.75) is 13.8 Å². The number of anilines is 1. The van der Waals surface area contributed by atoms with E-state index in [0.717, 1.165) is 27.6 Å². The summed E-state index contributed by atoms with van der Waals surface area (Å²) in [6.45, 7) is 5.85. The Balaban J connectivity index is 2.39. The van der Waals surface area contributed by atoms with Crippen LogP contribution in [-0.2, 0) is 4.79 Å². The SMILES string of the molecule is CCN(CC)C(=S)SCC(=O)Nc1ccc(Br)cc1. The van der Waals surface area contributed by atoms with Crippen molar-refractivity contribution in [3.05, 3.63) is 28.7 Å². The van der Waals surface area contributed by atoms with Crippen LogP contribution in [0.3, 0.4) is 0 Å². The number of carbonyl (C=O) groups is 1. The van der Waals surface area contributed by atoms with Crippen molar-refractivity contribution in [1.29, 1.82) is 0 Å². The highest BCUT2D eigenvalue weighted by Crippen LogP contribution is 2.15. The second-order valence-corrected chi connectivity index (χ2v) is 6.31. The molecule has 0 heterocycles. The number of thioether (sulfide) groups is 1. The Kier molecular flexibility index (Phi) is 7.41. The predicted molar refractivity (Wildman–Crippen MR) is 90.7 cm³/mol. The molecule has 0 bridgehead atoms. The van der Waals surface area contributed by atoms with Crippen LogP contribution in [0.4, 0.5) is 5.69 Å². The topological polar surface area (TPSA) is 32.3 Å². The number of hydrogen-bond donors (Lipinski definition) is 1. The van der Waals surface area contributed by atoms with Crippen LogP contribution in [0.1, 0.15) is 13.8 Å². The van der Waals surface area contributed by atoms with Crippen LogP contribution >= 0.6 is 39.9 Å². The van der Waals surface area contributed by atoms with Crippen molar-refractivity contribution >= 4 is 55.8 Å². The largest absolute Gasteiger partial charge is 0.358 e. The zero-order chi connectivity index (χ0) is 14.3. The fraction of sp³-hybridized carbons (Fsp3) is 0.385. The van der Waals surface area contributed by atoms with Crippen LogP contribution in [0.2, 0.25) is 0 Å². The molecule has 0 saturated carbocycles. The zero-order valence-corrected chi connectivity index (χ0v) is 14.2. The molecule has 3 nitrogen and oxygen atoms in total. The maximum absolute atomic E-state index is 11.8. The molecule has 0 radical (unpaired) electrons. The third kappa shape index (κ3) is 5.93. The minimum absolute atomic E-state index is 0.0400. The fourth-order valence-electron chi connectivity index (χ4n) is 1.43. The maximum Gasteiger partial charge on any atom is 0.234 e. The van der Waals surface area contributed by atoms with Gasteiger partial charge in [0.2, 0.25) is 5.91 Å². The van der Waals surface area contributed by atoms with E-state index in [2.05, 4.69) is 40.0 Å². The summed E-state index contributed by atoms with van der Waals surface area (Å²) in [5.74, 6) is 0.299. The first kappa shape index (κ1) is 16.5. The lowest BCUT2D eigenvalue weighted by Gasteiger charge is -2.20. The molecule has 0 aliphatic heterocycles. The Morgan fingerprint density at radius 3 is 2.42 bits per heavy atom. The number of benzene rings is 1. The number of nitrogens with zero attached hydrogens (tertiary/aromatic N) is 1. The summed E-state index contributed by atoms with van der Waals surface area (Å²) in [7, 11) is 0. The Labute approximate surface area is 132 Å². The lowest BCUT2D eigenvalue weighted by atomic mass is 10.3. The molecule has 104 valence electrons. The highest BCUT2D eigenvalue weighted by molar-refractivity contribution is 9.10. The predicted octanol–water partition coefficient (Wildman–Crippen LogP) is 3.75. The van der Waals surface area contributed by atoms with Gasteiger partial charge in [0.15, 0.2) is 0 Å². The van der Waals surface area contributed by atoms with Gasteiger partial charge in [0, 0.05) is 23.2 Å². The van der Waals surface area contributed by atoms with Gasteiger partial charge in [-0.05, 0) is 38.1 Å². The first-order valence-corrected chi connectivity index (χ1v) is 8.22. The molecule has 1 amide bonds. The average molecular weight is 361 g/mol. The van der Waals surface area contributed by atoms with E-state index in [4.69, 9.17) is 12.2 Å². The van der Waals surface area contributed by atoms with Crippen LogP contribution in [-0.4, -0.2) is 34.0 Å². The summed E-state index contributed by atoms with van der Waals surface area (Å²) in [6.07, 6.45) is 0. The molecular weight excluding hydrogens is 344 g/mol.